The van der Waals surface area contributed by atoms with Crippen LogP contribution in [0.3, 0.4) is 0 Å². The van der Waals surface area contributed by atoms with Gasteiger partial charge in [0.1, 0.15) is 6.10 Å². The minimum absolute atomic E-state index is 0.0171. The quantitative estimate of drug-likeness (QED) is 0.494. The number of hydrogen-bond acceptors (Lipinski definition) is 8. The fourth-order valence-corrected chi connectivity index (χ4v) is 3.31. The summed E-state index contributed by atoms with van der Waals surface area (Å²) in [6.45, 7) is 0.708. The standard InChI is InChI=1S/C23H23N3O6/c1-30-21(27)10-16-5-6-18(9-17(16)11-22(28)31-2)25-13-20-14-26(23(29)32-20)19-7-3-15(12-24)4-8-19/h3-9,20,25H,10-11,13-14H2,1-2H3. The van der Waals surface area contributed by atoms with E-state index in [4.69, 9.17) is 19.5 Å². The Hall–Kier alpha value is -4.06. The zero-order valence-electron chi connectivity index (χ0n) is 17.8. The molecular formula is C23H23N3O6. The summed E-state index contributed by atoms with van der Waals surface area (Å²) >= 11 is 0. The fourth-order valence-electron chi connectivity index (χ4n) is 3.31. The normalized spacial score (nSPS) is 15.0. The zero-order chi connectivity index (χ0) is 23.1. The van der Waals surface area contributed by atoms with E-state index in [9.17, 15) is 14.4 Å². The minimum Gasteiger partial charge on any atom is -0.469 e. The van der Waals surface area contributed by atoms with Crippen LogP contribution in [0.15, 0.2) is 42.5 Å². The van der Waals surface area contributed by atoms with Gasteiger partial charge < -0.3 is 19.5 Å². The number of nitriles is 1. The molecular weight excluding hydrogens is 414 g/mol. The molecule has 32 heavy (non-hydrogen) atoms. The molecule has 2 aromatic carbocycles. The largest absolute Gasteiger partial charge is 0.469 e. The lowest BCUT2D eigenvalue weighted by Gasteiger charge is -2.15. The lowest BCUT2D eigenvalue weighted by atomic mass is 10.0. The summed E-state index contributed by atoms with van der Waals surface area (Å²) in [5, 5.41) is 12.1. The van der Waals surface area contributed by atoms with Crippen LogP contribution in [0.2, 0.25) is 0 Å². The van der Waals surface area contributed by atoms with E-state index < -0.39 is 24.1 Å². The second-order valence-electron chi connectivity index (χ2n) is 7.15. The minimum atomic E-state index is -0.457. The van der Waals surface area contributed by atoms with Gasteiger partial charge in [-0.1, -0.05) is 6.07 Å². The number of carbonyl (C=O) groups is 3. The number of carbonyl (C=O) groups excluding carboxylic acids is 3. The van der Waals surface area contributed by atoms with Crippen LogP contribution in [0.5, 0.6) is 0 Å². The highest BCUT2D eigenvalue weighted by Gasteiger charge is 2.32. The van der Waals surface area contributed by atoms with E-state index in [1.165, 1.54) is 19.1 Å². The molecule has 166 valence electrons. The molecule has 1 saturated heterocycles. The van der Waals surface area contributed by atoms with Crippen molar-refractivity contribution in [2.45, 2.75) is 18.9 Å². The molecule has 1 fully saturated rings. The number of methoxy groups -OCH3 is 2. The molecule has 0 aliphatic carbocycles. The smallest absolute Gasteiger partial charge is 0.414 e. The Morgan fingerprint density at radius 3 is 2.38 bits per heavy atom. The number of amides is 1. The summed E-state index contributed by atoms with van der Waals surface area (Å²) in [5.41, 5.74) is 3.20. The van der Waals surface area contributed by atoms with Crippen LogP contribution in [0, 0.1) is 11.3 Å². The third kappa shape index (κ3) is 5.55. The maximum absolute atomic E-state index is 12.3. The number of esters is 2. The second-order valence-corrected chi connectivity index (χ2v) is 7.15. The number of ether oxygens (including phenoxy) is 3. The number of anilines is 2. The van der Waals surface area contributed by atoms with Crippen molar-refractivity contribution in [1.29, 1.82) is 5.26 Å². The lowest BCUT2D eigenvalue weighted by molar-refractivity contribution is -0.141. The van der Waals surface area contributed by atoms with Crippen LogP contribution < -0.4 is 10.2 Å². The molecule has 1 unspecified atom stereocenters. The van der Waals surface area contributed by atoms with E-state index in [2.05, 4.69) is 5.32 Å². The van der Waals surface area contributed by atoms with Gasteiger partial charge in [-0.05, 0) is 47.5 Å². The number of nitrogens with one attached hydrogen (secondary N) is 1. The number of rotatable bonds is 8. The van der Waals surface area contributed by atoms with Crippen molar-refractivity contribution in [2.24, 2.45) is 0 Å². The van der Waals surface area contributed by atoms with E-state index in [0.717, 1.165) is 0 Å². The van der Waals surface area contributed by atoms with Gasteiger partial charge in [0.25, 0.3) is 0 Å². The Bertz CT molecular complexity index is 1040. The predicted molar refractivity (Wildman–Crippen MR) is 115 cm³/mol. The van der Waals surface area contributed by atoms with Gasteiger partial charge >= 0.3 is 18.0 Å². The Morgan fingerprint density at radius 2 is 1.75 bits per heavy atom. The van der Waals surface area contributed by atoms with E-state index in [-0.39, 0.29) is 12.8 Å². The van der Waals surface area contributed by atoms with Gasteiger partial charge in [0.2, 0.25) is 0 Å². The van der Waals surface area contributed by atoms with Crippen molar-refractivity contribution in [3.05, 3.63) is 59.2 Å². The van der Waals surface area contributed by atoms with Crippen molar-refractivity contribution in [1.82, 2.24) is 0 Å². The first-order valence-corrected chi connectivity index (χ1v) is 9.91. The van der Waals surface area contributed by atoms with Crippen LogP contribution in [0.4, 0.5) is 16.2 Å². The molecule has 9 nitrogen and oxygen atoms in total. The maximum Gasteiger partial charge on any atom is 0.414 e. The first kappa shape index (κ1) is 22.6. The highest BCUT2D eigenvalue weighted by Crippen LogP contribution is 2.23. The predicted octanol–water partition coefficient (Wildman–Crippen LogP) is 2.43. The summed E-state index contributed by atoms with van der Waals surface area (Å²) in [6.07, 6.45) is -0.787. The molecule has 2 aromatic rings. The molecule has 1 N–H and O–H groups in total. The molecule has 1 aliphatic rings. The summed E-state index contributed by atoms with van der Waals surface area (Å²) in [6, 6.07) is 14.0. The van der Waals surface area contributed by atoms with Crippen LogP contribution in [-0.4, -0.2) is 51.4 Å². The fraction of sp³-hybridized carbons (Fsp3) is 0.304. The van der Waals surface area contributed by atoms with Gasteiger partial charge in [-0.25, -0.2) is 4.79 Å². The van der Waals surface area contributed by atoms with Crippen LogP contribution in [0.25, 0.3) is 0 Å². The number of nitrogens with zero attached hydrogens (tertiary/aromatic N) is 2. The Morgan fingerprint density at radius 1 is 1.09 bits per heavy atom. The molecule has 1 aliphatic heterocycles. The molecule has 9 heteroatoms. The summed E-state index contributed by atoms with van der Waals surface area (Å²) in [7, 11) is 2.61. The van der Waals surface area contributed by atoms with E-state index in [1.807, 2.05) is 6.07 Å². The molecule has 0 saturated carbocycles. The van der Waals surface area contributed by atoms with Crippen molar-refractivity contribution < 1.29 is 28.6 Å². The summed E-state index contributed by atoms with van der Waals surface area (Å²) in [4.78, 5) is 37.2. The van der Waals surface area contributed by atoms with Crippen molar-refractivity contribution in [2.75, 3.05) is 37.5 Å². The summed E-state index contributed by atoms with van der Waals surface area (Å²) < 4.78 is 14.9. The molecule has 3 rings (SSSR count). The molecule has 0 spiro atoms. The zero-order valence-corrected chi connectivity index (χ0v) is 17.8. The number of cyclic esters (lactones) is 1. The Balaban J connectivity index is 1.66. The maximum atomic E-state index is 12.3. The third-order valence-corrected chi connectivity index (χ3v) is 5.05. The van der Waals surface area contributed by atoms with Gasteiger partial charge in [-0.3, -0.25) is 14.5 Å². The molecule has 1 atom stereocenters. The highest BCUT2D eigenvalue weighted by atomic mass is 16.6. The Kier molecular flexibility index (Phi) is 7.29. The van der Waals surface area contributed by atoms with Gasteiger partial charge in [0, 0.05) is 11.4 Å². The lowest BCUT2D eigenvalue weighted by Crippen LogP contribution is -2.27. The SMILES string of the molecule is COC(=O)Cc1ccc(NCC2CN(c3ccc(C#N)cc3)C(=O)O2)cc1CC(=O)OC. The average Bonchev–Trinajstić information content (AvgIpc) is 3.19. The van der Waals surface area contributed by atoms with E-state index in [0.29, 0.717) is 41.2 Å². The molecule has 1 heterocycles. The molecule has 1 amide bonds. The van der Waals surface area contributed by atoms with Crippen molar-refractivity contribution >= 4 is 29.4 Å². The first-order chi connectivity index (χ1) is 15.4. The molecule has 0 radical (unpaired) electrons. The molecule has 0 bridgehead atoms. The Labute approximate surface area is 185 Å². The van der Waals surface area contributed by atoms with Crippen molar-refractivity contribution in [3.63, 3.8) is 0 Å². The van der Waals surface area contributed by atoms with Gasteiger partial charge in [0.15, 0.2) is 0 Å². The number of hydrogen-bond donors (Lipinski definition) is 1. The van der Waals surface area contributed by atoms with Gasteiger partial charge in [0.05, 0.1) is 51.8 Å². The highest BCUT2D eigenvalue weighted by molar-refractivity contribution is 5.89. The topological polar surface area (TPSA) is 118 Å². The van der Waals surface area contributed by atoms with Crippen LogP contribution in [0.1, 0.15) is 16.7 Å². The summed E-state index contributed by atoms with van der Waals surface area (Å²) in [5.74, 6) is -0.825. The molecule has 0 aromatic heterocycles. The first-order valence-electron chi connectivity index (χ1n) is 9.91. The average molecular weight is 437 g/mol. The second kappa shape index (κ2) is 10.3. The number of benzene rings is 2. The van der Waals surface area contributed by atoms with Gasteiger partial charge in [-0.15, -0.1) is 0 Å². The van der Waals surface area contributed by atoms with Gasteiger partial charge in [-0.2, -0.15) is 5.26 Å². The van der Waals surface area contributed by atoms with E-state index >= 15 is 0 Å². The third-order valence-electron chi connectivity index (χ3n) is 5.05. The van der Waals surface area contributed by atoms with E-state index in [1.54, 1.807) is 42.5 Å². The van der Waals surface area contributed by atoms with Crippen LogP contribution in [-0.2, 0) is 36.6 Å². The van der Waals surface area contributed by atoms with Crippen LogP contribution >= 0.6 is 0 Å². The van der Waals surface area contributed by atoms with Crippen molar-refractivity contribution in [3.8, 4) is 6.07 Å². The monoisotopic (exact) mass is 437 g/mol.